The molecular weight excluding hydrogens is 216 g/mol. The molecule has 0 amide bonds. The van der Waals surface area contributed by atoms with Crippen LogP contribution in [0, 0.1) is 0 Å². The van der Waals surface area contributed by atoms with E-state index in [1.54, 1.807) is 12.3 Å². The lowest BCUT2D eigenvalue weighted by molar-refractivity contribution is 0.340. The van der Waals surface area contributed by atoms with Gasteiger partial charge in [-0.15, -0.1) is 0 Å². The minimum atomic E-state index is 0.580. The summed E-state index contributed by atoms with van der Waals surface area (Å²) in [6, 6.07) is 9.34. The monoisotopic (exact) mass is 230 g/mol. The van der Waals surface area contributed by atoms with Gasteiger partial charge in [-0.2, -0.15) is 0 Å². The van der Waals surface area contributed by atoms with Crippen molar-refractivity contribution < 1.29 is 4.74 Å². The van der Waals surface area contributed by atoms with Crippen molar-refractivity contribution in [3.8, 4) is 17.1 Å². The van der Waals surface area contributed by atoms with Gasteiger partial charge in [-0.25, -0.2) is 15.8 Å². The fourth-order valence-electron chi connectivity index (χ4n) is 1.47. The average molecular weight is 230 g/mol. The van der Waals surface area contributed by atoms with Crippen molar-refractivity contribution in [3.63, 3.8) is 0 Å². The van der Waals surface area contributed by atoms with Gasteiger partial charge in [0.05, 0.1) is 6.61 Å². The molecule has 3 N–H and O–H groups in total. The van der Waals surface area contributed by atoms with E-state index >= 15 is 0 Å². The number of hydrogen-bond acceptors (Lipinski definition) is 5. The van der Waals surface area contributed by atoms with Crippen molar-refractivity contribution >= 4 is 5.82 Å². The molecule has 0 aliphatic rings. The number of anilines is 1. The minimum absolute atomic E-state index is 0.580. The van der Waals surface area contributed by atoms with Crippen molar-refractivity contribution in [1.82, 2.24) is 9.97 Å². The molecule has 0 spiro atoms. The Hall–Kier alpha value is -2.14. The first-order valence-corrected chi connectivity index (χ1v) is 5.36. The second-order valence-corrected chi connectivity index (χ2v) is 3.37. The molecule has 0 saturated carbocycles. The summed E-state index contributed by atoms with van der Waals surface area (Å²) >= 11 is 0. The van der Waals surface area contributed by atoms with Gasteiger partial charge in [-0.1, -0.05) is 12.1 Å². The zero-order chi connectivity index (χ0) is 12.1. The van der Waals surface area contributed by atoms with Crippen LogP contribution in [0.25, 0.3) is 11.4 Å². The van der Waals surface area contributed by atoms with Gasteiger partial charge in [0.1, 0.15) is 11.6 Å². The molecule has 5 heteroatoms. The standard InChI is InChI=1S/C12H14N4O/c1-2-17-10-5-3-4-9(8-10)12-14-7-6-11(15-12)16-13/h3-8H,2,13H2,1H3,(H,14,15,16). The molecule has 0 fully saturated rings. The molecular formula is C12H14N4O. The average Bonchev–Trinajstić information content (AvgIpc) is 2.40. The molecule has 5 nitrogen and oxygen atoms in total. The van der Waals surface area contributed by atoms with Crippen LogP contribution in [0.1, 0.15) is 6.92 Å². The lowest BCUT2D eigenvalue weighted by atomic mass is 10.2. The number of nitrogens with one attached hydrogen (secondary N) is 1. The van der Waals surface area contributed by atoms with Crippen molar-refractivity contribution in [2.75, 3.05) is 12.0 Å². The van der Waals surface area contributed by atoms with Crippen LogP contribution in [0.3, 0.4) is 0 Å². The Kier molecular flexibility index (Phi) is 3.52. The van der Waals surface area contributed by atoms with E-state index < -0.39 is 0 Å². The van der Waals surface area contributed by atoms with Gasteiger partial charge < -0.3 is 10.2 Å². The Labute approximate surface area is 99.6 Å². The normalized spacial score (nSPS) is 10.0. The van der Waals surface area contributed by atoms with Crippen molar-refractivity contribution in [2.24, 2.45) is 5.84 Å². The third kappa shape index (κ3) is 2.70. The van der Waals surface area contributed by atoms with Crippen molar-refractivity contribution in [3.05, 3.63) is 36.5 Å². The Bertz CT molecular complexity index is 501. The van der Waals surface area contributed by atoms with Crippen LogP contribution in [0.2, 0.25) is 0 Å². The highest BCUT2D eigenvalue weighted by Gasteiger charge is 2.03. The molecule has 0 atom stereocenters. The molecule has 17 heavy (non-hydrogen) atoms. The number of hydrazine groups is 1. The van der Waals surface area contributed by atoms with Crippen molar-refractivity contribution in [1.29, 1.82) is 0 Å². The summed E-state index contributed by atoms with van der Waals surface area (Å²) < 4.78 is 5.43. The number of aromatic nitrogens is 2. The second kappa shape index (κ2) is 5.27. The molecule has 1 heterocycles. The van der Waals surface area contributed by atoms with Crippen LogP contribution < -0.4 is 16.0 Å². The zero-order valence-corrected chi connectivity index (χ0v) is 9.55. The van der Waals surface area contributed by atoms with Crippen LogP contribution in [-0.4, -0.2) is 16.6 Å². The third-order valence-electron chi connectivity index (χ3n) is 2.21. The Morgan fingerprint density at radius 2 is 2.24 bits per heavy atom. The number of rotatable bonds is 4. The predicted octanol–water partition coefficient (Wildman–Crippen LogP) is 1.83. The van der Waals surface area contributed by atoms with Gasteiger partial charge in [0, 0.05) is 17.8 Å². The maximum Gasteiger partial charge on any atom is 0.161 e. The molecule has 2 rings (SSSR count). The number of ether oxygens (including phenoxy) is 1. The van der Waals surface area contributed by atoms with Gasteiger partial charge in [-0.3, -0.25) is 0 Å². The summed E-state index contributed by atoms with van der Waals surface area (Å²) in [6.07, 6.45) is 1.66. The summed E-state index contributed by atoms with van der Waals surface area (Å²) in [5.74, 6) is 7.31. The molecule has 0 saturated heterocycles. The van der Waals surface area contributed by atoms with E-state index in [0.717, 1.165) is 11.3 Å². The topological polar surface area (TPSA) is 73.1 Å². The number of nitrogens with two attached hydrogens (primary N) is 1. The van der Waals surface area contributed by atoms with Gasteiger partial charge >= 0.3 is 0 Å². The minimum Gasteiger partial charge on any atom is -0.494 e. The third-order valence-corrected chi connectivity index (χ3v) is 2.21. The zero-order valence-electron chi connectivity index (χ0n) is 9.55. The molecule has 1 aromatic heterocycles. The summed E-state index contributed by atoms with van der Waals surface area (Å²) in [7, 11) is 0. The van der Waals surface area contributed by atoms with Crippen LogP contribution in [0.4, 0.5) is 5.82 Å². The molecule has 0 bridgehead atoms. The second-order valence-electron chi connectivity index (χ2n) is 3.37. The highest BCUT2D eigenvalue weighted by Crippen LogP contribution is 2.21. The first-order chi connectivity index (χ1) is 8.33. The van der Waals surface area contributed by atoms with E-state index in [9.17, 15) is 0 Å². The highest BCUT2D eigenvalue weighted by atomic mass is 16.5. The van der Waals surface area contributed by atoms with E-state index in [1.807, 2.05) is 31.2 Å². The lowest BCUT2D eigenvalue weighted by Gasteiger charge is -2.06. The fourth-order valence-corrected chi connectivity index (χ4v) is 1.47. The largest absolute Gasteiger partial charge is 0.494 e. The Balaban J connectivity index is 2.34. The van der Waals surface area contributed by atoms with E-state index in [-0.39, 0.29) is 0 Å². The number of nitrogen functional groups attached to an aromatic ring is 1. The summed E-state index contributed by atoms with van der Waals surface area (Å²) in [5.41, 5.74) is 3.39. The fraction of sp³-hybridized carbons (Fsp3) is 0.167. The smallest absolute Gasteiger partial charge is 0.161 e. The Morgan fingerprint density at radius 1 is 1.35 bits per heavy atom. The lowest BCUT2D eigenvalue weighted by Crippen LogP contribution is -2.09. The summed E-state index contributed by atoms with van der Waals surface area (Å²) in [6.45, 7) is 2.58. The van der Waals surface area contributed by atoms with Gasteiger partial charge in [-0.05, 0) is 19.1 Å². The molecule has 0 aliphatic heterocycles. The van der Waals surface area contributed by atoms with E-state index in [2.05, 4.69) is 15.4 Å². The SMILES string of the molecule is CCOc1cccc(-c2nccc(NN)n2)c1. The first-order valence-electron chi connectivity index (χ1n) is 5.36. The van der Waals surface area contributed by atoms with E-state index in [4.69, 9.17) is 10.6 Å². The number of hydrogen-bond donors (Lipinski definition) is 2. The maximum atomic E-state index is 5.43. The number of nitrogens with zero attached hydrogens (tertiary/aromatic N) is 2. The summed E-state index contributed by atoms with van der Waals surface area (Å²) in [5, 5.41) is 0. The van der Waals surface area contributed by atoms with Crippen LogP contribution in [0.5, 0.6) is 5.75 Å². The molecule has 88 valence electrons. The molecule has 0 radical (unpaired) electrons. The predicted molar refractivity (Wildman–Crippen MR) is 66.4 cm³/mol. The van der Waals surface area contributed by atoms with Gasteiger partial charge in [0.2, 0.25) is 0 Å². The molecule has 0 unspecified atom stereocenters. The maximum absolute atomic E-state index is 5.43. The van der Waals surface area contributed by atoms with E-state index in [1.165, 1.54) is 0 Å². The van der Waals surface area contributed by atoms with E-state index in [0.29, 0.717) is 18.2 Å². The number of benzene rings is 1. The van der Waals surface area contributed by atoms with Crippen LogP contribution in [0.15, 0.2) is 36.5 Å². The van der Waals surface area contributed by atoms with Crippen LogP contribution in [-0.2, 0) is 0 Å². The molecule has 1 aromatic carbocycles. The van der Waals surface area contributed by atoms with Crippen LogP contribution >= 0.6 is 0 Å². The van der Waals surface area contributed by atoms with Gasteiger partial charge in [0.25, 0.3) is 0 Å². The summed E-state index contributed by atoms with van der Waals surface area (Å²) in [4.78, 5) is 8.46. The first kappa shape index (κ1) is 11.3. The molecule has 2 aromatic rings. The van der Waals surface area contributed by atoms with Gasteiger partial charge in [0.15, 0.2) is 5.82 Å². The quantitative estimate of drug-likeness (QED) is 0.619. The molecule has 0 aliphatic carbocycles. The van der Waals surface area contributed by atoms with Crippen molar-refractivity contribution in [2.45, 2.75) is 6.92 Å². The highest BCUT2D eigenvalue weighted by molar-refractivity contribution is 5.58. The Morgan fingerprint density at radius 3 is 3.00 bits per heavy atom.